The molecule has 0 aliphatic carbocycles. The van der Waals surface area contributed by atoms with Crippen LogP contribution in [0.5, 0.6) is 0 Å². The Morgan fingerprint density at radius 2 is 1.69 bits per heavy atom. The highest BCUT2D eigenvalue weighted by Crippen LogP contribution is 2.06. The summed E-state index contributed by atoms with van der Waals surface area (Å²) in [5, 5.41) is 17.2. The SMILES string of the molecule is Cl.N[C@@H](Cc1ccc(C(=O)O)cc1)C(=O)O. The summed E-state index contributed by atoms with van der Waals surface area (Å²) in [5.74, 6) is -2.08. The number of nitrogens with two attached hydrogens (primary N) is 1. The number of carboxylic acid groups (broad SMARTS) is 2. The van der Waals surface area contributed by atoms with Gasteiger partial charge in [0.2, 0.25) is 0 Å². The zero-order valence-corrected chi connectivity index (χ0v) is 9.11. The van der Waals surface area contributed by atoms with E-state index in [2.05, 4.69) is 0 Å². The fourth-order valence-corrected chi connectivity index (χ4v) is 1.12. The summed E-state index contributed by atoms with van der Waals surface area (Å²) in [4.78, 5) is 21.0. The van der Waals surface area contributed by atoms with Crippen LogP contribution in [-0.4, -0.2) is 28.2 Å². The van der Waals surface area contributed by atoms with Crippen LogP contribution in [-0.2, 0) is 11.2 Å². The zero-order chi connectivity index (χ0) is 11.4. The Labute approximate surface area is 98.3 Å². The molecule has 88 valence electrons. The van der Waals surface area contributed by atoms with E-state index in [1.165, 1.54) is 12.1 Å². The van der Waals surface area contributed by atoms with Crippen LogP contribution in [0, 0.1) is 0 Å². The van der Waals surface area contributed by atoms with Crippen LogP contribution >= 0.6 is 12.4 Å². The maximum absolute atomic E-state index is 10.5. The maximum Gasteiger partial charge on any atom is 0.335 e. The van der Waals surface area contributed by atoms with Crippen molar-refractivity contribution >= 4 is 24.3 Å². The highest BCUT2D eigenvalue weighted by atomic mass is 35.5. The molecule has 16 heavy (non-hydrogen) atoms. The van der Waals surface area contributed by atoms with Crippen molar-refractivity contribution < 1.29 is 19.8 Å². The number of carboxylic acids is 2. The molecule has 1 rings (SSSR count). The monoisotopic (exact) mass is 245 g/mol. The summed E-state index contributed by atoms with van der Waals surface area (Å²) >= 11 is 0. The summed E-state index contributed by atoms with van der Waals surface area (Å²) in [6, 6.07) is 5.01. The minimum absolute atomic E-state index is 0. The van der Waals surface area contributed by atoms with Gasteiger partial charge in [-0.3, -0.25) is 4.79 Å². The Bertz CT molecular complexity index is 377. The van der Waals surface area contributed by atoms with Gasteiger partial charge in [-0.25, -0.2) is 4.79 Å². The van der Waals surface area contributed by atoms with Gasteiger partial charge < -0.3 is 15.9 Å². The van der Waals surface area contributed by atoms with E-state index in [4.69, 9.17) is 15.9 Å². The third-order valence-electron chi connectivity index (χ3n) is 1.97. The summed E-state index contributed by atoms with van der Waals surface area (Å²) in [6.07, 6.45) is 0.190. The van der Waals surface area contributed by atoms with Gasteiger partial charge in [0.15, 0.2) is 0 Å². The van der Waals surface area contributed by atoms with E-state index in [0.717, 1.165) is 0 Å². The molecule has 0 unspecified atom stereocenters. The molecule has 0 fully saturated rings. The number of halogens is 1. The molecule has 0 spiro atoms. The summed E-state index contributed by atoms with van der Waals surface area (Å²) < 4.78 is 0. The van der Waals surface area contributed by atoms with Gasteiger partial charge in [0.1, 0.15) is 6.04 Å². The molecule has 5 nitrogen and oxygen atoms in total. The first-order valence-corrected chi connectivity index (χ1v) is 4.31. The summed E-state index contributed by atoms with van der Waals surface area (Å²) in [6.45, 7) is 0. The summed E-state index contributed by atoms with van der Waals surface area (Å²) in [7, 11) is 0. The number of hydrogen-bond donors (Lipinski definition) is 3. The molecule has 0 bridgehead atoms. The number of carbonyl (C=O) groups is 2. The molecular formula is C10H12ClNO4. The van der Waals surface area contributed by atoms with Gasteiger partial charge in [0.05, 0.1) is 5.56 Å². The van der Waals surface area contributed by atoms with Crippen LogP contribution in [0.25, 0.3) is 0 Å². The van der Waals surface area contributed by atoms with Crippen LogP contribution in [0.1, 0.15) is 15.9 Å². The van der Waals surface area contributed by atoms with Crippen LogP contribution in [0.15, 0.2) is 24.3 Å². The topological polar surface area (TPSA) is 101 Å². The van der Waals surface area contributed by atoms with Crippen molar-refractivity contribution in [2.45, 2.75) is 12.5 Å². The molecule has 1 aromatic carbocycles. The highest BCUT2D eigenvalue weighted by molar-refractivity contribution is 5.87. The number of aromatic carboxylic acids is 1. The molecule has 0 heterocycles. The molecule has 1 aromatic rings. The third-order valence-corrected chi connectivity index (χ3v) is 1.97. The van der Waals surface area contributed by atoms with Crippen LogP contribution in [0.2, 0.25) is 0 Å². The van der Waals surface area contributed by atoms with E-state index in [0.29, 0.717) is 5.56 Å². The zero-order valence-electron chi connectivity index (χ0n) is 8.29. The van der Waals surface area contributed by atoms with Crippen molar-refractivity contribution in [1.82, 2.24) is 0 Å². The first-order chi connectivity index (χ1) is 7.00. The highest BCUT2D eigenvalue weighted by Gasteiger charge is 2.12. The number of hydrogen-bond acceptors (Lipinski definition) is 3. The molecule has 6 heteroatoms. The molecule has 0 saturated carbocycles. The summed E-state index contributed by atoms with van der Waals surface area (Å²) in [5.41, 5.74) is 6.20. The third kappa shape index (κ3) is 3.88. The van der Waals surface area contributed by atoms with Gasteiger partial charge in [0, 0.05) is 0 Å². The van der Waals surface area contributed by atoms with Gasteiger partial charge >= 0.3 is 11.9 Å². The van der Waals surface area contributed by atoms with E-state index in [1.54, 1.807) is 12.1 Å². The van der Waals surface area contributed by atoms with E-state index in [1.807, 2.05) is 0 Å². The van der Waals surface area contributed by atoms with Crippen LogP contribution < -0.4 is 5.73 Å². The lowest BCUT2D eigenvalue weighted by atomic mass is 10.0. The van der Waals surface area contributed by atoms with E-state index in [9.17, 15) is 9.59 Å². The average molecular weight is 246 g/mol. The normalized spacial score (nSPS) is 11.3. The molecule has 0 radical (unpaired) electrons. The fraction of sp³-hybridized carbons (Fsp3) is 0.200. The van der Waals surface area contributed by atoms with Crippen molar-refractivity contribution in [3.63, 3.8) is 0 Å². The predicted molar refractivity (Wildman–Crippen MR) is 60.0 cm³/mol. The largest absolute Gasteiger partial charge is 0.480 e. The van der Waals surface area contributed by atoms with Crippen molar-refractivity contribution in [3.05, 3.63) is 35.4 Å². The van der Waals surface area contributed by atoms with E-state index < -0.39 is 18.0 Å². The maximum atomic E-state index is 10.5. The first kappa shape index (κ1) is 14.4. The fourth-order valence-electron chi connectivity index (χ4n) is 1.12. The van der Waals surface area contributed by atoms with Gasteiger partial charge in [-0.2, -0.15) is 0 Å². The lowest BCUT2D eigenvalue weighted by molar-refractivity contribution is -0.138. The Morgan fingerprint density at radius 3 is 2.06 bits per heavy atom. The Morgan fingerprint density at radius 1 is 1.19 bits per heavy atom. The van der Waals surface area contributed by atoms with Crippen molar-refractivity contribution in [2.24, 2.45) is 5.73 Å². The molecule has 0 amide bonds. The molecule has 0 aromatic heterocycles. The minimum atomic E-state index is -1.07. The molecule has 0 aliphatic heterocycles. The molecule has 4 N–H and O–H groups in total. The Balaban J connectivity index is 0.00000225. The molecule has 0 aliphatic rings. The van der Waals surface area contributed by atoms with Crippen LogP contribution in [0.4, 0.5) is 0 Å². The van der Waals surface area contributed by atoms with Gasteiger partial charge in [-0.05, 0) is 24.1 Å². The number of rotatable bonds is 4. The van der Waals surface area contributed by atoms with Gasteiger partial charge in [-0.15, -0.1) is 12.4 Å². The standard InChI is InChI=1S/C10H11NO4.ClH/c11-8(10(14)15)5-6-1-3-7(4-2-6)9(12)13;/h1-4,8H,5,11H2,(H,12,13)(H,14,15);1H/t8-;/m0./s1. The number of benzene rings is 1. The average Bonchev–Trinajstić information content (AvgIpc) is 2.18. The minimum Gasteiger partial charge on any atom is -0.480 e. The second-order valence-corrected chi connectivity index (χ2v) is 3.15. The Hall–Kier alpha value is -1.59. The number of aliphatic carboxylic acids is 1. The van der Waals surface area contributed by atoms with E-state index >= 15 is 0 Å². The van der Waals surface area contributed by atoms with Crippen molar-refractivity contribution in [2.75, 3.05) is 0 Å². The quantitative estimate of drug-likeness (QED) is 0.727. The van der Waals surface area contributed by atoms with Crippen LogP contribution in [0.3, 0.4) is 0 Å². The lowest BCUT2D eigenvalue weighted by Gasteiger charge is -2.06. The Kier molecular flexibility index (Phi) is 5.49. The molecule has 1 atom stereocenters. The van der Waals surface area contributed by atoms with Gasteiger partial charge in [0.25, 0.3) is 0 Å². The van der Waals surface area contributed by atoms with Gasteiger partial charge in [-0.1, -0.05) is 12.1 Å². The predicted octanol–water partition coefficient (Wildman–Crippen LogP) is 0.761. The van der Waals surface area contributed by atoms with Crippen molar-refractivity contribution in [3.8, 4) is 0 Å². The van der Waals surface area contributed by atoms with Crippen molar-refractivity contribution in [1.29, 1.82) is 0 Å². The molecule has 0 saturated heterocycles. The second kappa shape index (κ2) is 6.09. The first-order valence-electron chi connectivity index (χ1n) is 4.31. The second-order valence-electron chi connectivity index (χ2n) is 3.15. The van der Waals surface area contributed by atoms with E-state index in [-0.39, 0.29) is 24.4 Å². The molecular weight excluding hydrogens is 234 g/mol. The lowest BCUT2D eigenvalue weighted by Crippen LogP contribution is -2.32. The smallest absolute Gasteiger partial charge is 0.335 e.